The van der Waals surface area contributed by atoms with Gasteiger partial charge in [-0.1, -0.05) is 23.2 Å². The average molecular weight is 337 g/mol. The van der Waals surface area contributed by atoms with Gasteiger partial charge >= 0.3 is 0 Å². The van der Waals surface area contributed by atoms with E-state index in [1.807, 2.05) is 0 Å². The predicted octanol–water partition coefficient (Wildman–Crippen LogP) is 2.36. The number of carbonyl (C=O) groups excluding carboxylic acids is 1. The molecule has 1 aromatic carbocycles. The maximum Gasteiger partial charge on any atom is 0.242 e. The number of hydrogen-bond donors (Lipinski definition) is 1. The molecule has 5 nitrogen and oxygen atoms in total. The summed E-state index contributed by atoms with van der Waals surface area (Å²) < 4.78 is 24.4. The van der Waals surface area contributed by atoms with Crippen LogP contribution in [0, 0.1) is 0 Å². The van der Waals surface area contributed by atoms with Crippen molar-refractivity contribution >= 4 is 44.8 Å². The number of anilines is 1. The molecule has 8 heteroatoms. The first-order valence-electron chi connectivity index (χ1n) is 6.02. The van der Waals surface area contributed by atoms with Crippen LogP contribution in [-0.2, 0) is 14.8 Å². The first-order chi connectivity index (χ1) is 9.29. The highest BCUT2D eigenvalue weighted by Gasteiger charge is 2.36. The van der Waals surface area contributed by atoms with E-state index in [-0.39, 0.29) is 5.91 Å². The summed E-state index contributed by atoms with van der Waals surface area (Å²) in [6.07, 6.45) is 2.28. The maximum atomic E-state index is 12.2. The van der Waals surface area contributed by atoms with Crippen LogP contribution in [0.2, 0.25) is 10.0 Å². The lowest BCUT2D eigenvalue weighted by Crippen LogP contribution is -2.42. The quantitative estimate of drug-likeness (QED) is 0.921. The lowest BCUT2D eigenvalue weighted by atomic mass is 10.2. The van der Waals surface area contributed by atoms with E-state index in [0.29, 0.717) is 35.1 Å². The lowest BCUT2D eigenvalue weighted by molar-refractivity contribution is -0.119. The number of nitrogens with one attached hydrogen (secondary N) is 1. The van der Waals surface area contributed by atoms with Gasteiger partial charge in [-0.05, 0) is 31.0 Å². The number of hydrogen-bond acceptors (Lipinski definition) is 3. The number of carbonyl (C=O) groups is 1. The zero-order chi connectivity index (χ0) is 14.9. The van der Waals surface area contributed by atoms with E-state index in [1.54, 1.807) is 12.1 Å². The van der Waals surface area contributed by atoms with Gasteiger partial charge in [0.1, 0.15) is 6.04 Å². The molecule has 1 fully saturated rings. The van der Waals surface area contributed by atoms with Gasteiger partial charge in [0.2, 0.25) is 15.9 Å². The summed E-state index contributed by atoms with van der Waals surface area (Å²) in [7, 11) is -3.39. The Hall–Kier alpha value is -0.820. The fourth-order valence-electron chi connectivity index (χ4n) is 2.21. The Labute approximate surface area is 127 Å². The molecule has 20 heavy (non-hydrogen) atoms. The Morgan fingerprint density at radius 2 is 2.10 bits per heavy atom. The van der Waals surface area contributed by atoms with Crippen LogP contribution in [0.1, 0.15) is 12.8 Å². The van der Waals surface area contributed by atoms with Crippen molar-refractivity contribution in [3.8, 4) is 0 Å². The van der Waals surface area contributed by atoms with Gasteiger partial charge in [0.15, 0.2) is 0 Å². The summed E-state index contributed by atoms with van der Waals surface area (Å²) in [4.78, 5) is 12.2. The average Bonchev–Trinajstić information content (AvgIpc) is 2.81. The Morgan fingerprint density at radius 3 is 2.70 bits per heavy atom. The first kappa shape index (κ1) is 15.6. The molecule has 1 unspecified atom stereocenters. The van der Waals surface area contributed by atoms with Gasteiger partial charge in [-0.15, -0.1) is 0 Å². The van der Waals surface area contributed by atoms with Crippen molar-refractivity contribution in [2.45, 2.75) is 18.9 Å². The molecule has 0 spiro atoms. The van der Waals surface area contributed by atoms with Crippen LogP contribution in [0.15, 0.2) is 18.2 Å². The van der Waals surface area contributed by atoms with E-state index in [4.69, 9.17) is 23.2 Å². The summed E-state index contributed by atoms with van der Waals surface area (Å²) in [6, 6.07) is 4.02. The SMILES string of the molecule is CS(=O)(=O)N1CCCC1C(=O)Nc1ccc(Cl)cc1Cl. The van der Waals surface area contributed by atoms with Crippen LogP contribution in [-0.4, -0.2) is 37.5 Å². The molecule has 0 aliphatic carbocycles. The Balaban J connectivity index is 2.16. The van der Waals surface area contributed by atoms with E-state index in [0.717, 1.165) is 6.26 Å². The summed E-state index contributed by atoms with van der Waals surface area (Å²) >= 11 is 11.8. The van der Waals surface area contributed by atoms with Gasteiger partial charge in [0.25, 0.3) is 0 Å². The number of nitrogens with zero attached hydrogens (tertiary/aromatic N) is 1. The van der Waals surface area contributed by atoms with Crippen molar-refractivity contribution in [1.29, 1.82) is 0 Å². The number of sulfonamides is 1. The van der Waals surface area contributed by atoms with E-state index >= 15 is 0 Å². The lowest BCUT2D eigenvalue weighted by Gasteiger charge is -2.21. The van der Waals surface area contributed by atoms with Crippen LogP contribution in [0.3, 0.4) is 0 Å². The van der Waals surface area contributed by atoms with Crippen molar-refractivity contribution < 1.29 is 13.2 Å². The van der Waals surface area contributed by atoms with Crippen molar-refractivity contribution in [2.75, 3.05) is 18.1 Å². The van der Waals surface area contributed by atoms with E-state index in [9.17, 15) is 13.2 Å². The molecule has 0 saturated carbocycles. The zero-order valence-electron chi connectivity index (χ0n) is 10.8. The molecule has 1 aromatic rings. The second kappa shape index (κ2) is 5.89. The summed E-state index contributed by atoms with van der Waals surface area (Å²) in [6.45, 7) is 0.366. The molecule has 1 atom stereocenters. The predicted molar refractivity (Wildman–Crippen MR) is 79.7 cm³/mol. The Bertz CT molecular complexity index is 634. The molecule has 1 N–H and O–H groups in total. The molecule has 110 valence electrons. The summed E-state index contributed by atoms with van der Waals surface area (Å²) in [5.41, 5.74) is 0.418. The van der Waals surface area contributed by atoms with Gasteiger partial charge in [-0.3, -0.25) is 4.79 Å². The minimum Gasteiger partial charge on any atom is -0.323 e. The molecule has 2 rings (SSSR count). The molecule has 0 radical (unpaired) electrons. The number of benzene rings is 1. The standard InChI is InChI=1S/C12H14Cl2N2O3S/c1-20(18,19)16-6-2-3-11(16)12(17)15-10-5-4-8(13)7-9(10)14/h4-5,7,11H,2-3,6H2,1H3,(H,15,17). The fourth-order valence-corrected chi connectivity index (χ4v) is 3.79. The van der Waals surface area contributed by atoms with E-state index in [1.165, 1.54) is 10.4 Å². The van der Waals surface area contributed by atoms with E-state index in [2.05, 4.69) is 5.32 Å². The minimum atomic E-state index is -3.39. The van der Waals surface area contributed by atoms with E-state index < -0.39 is 16.1 Å². The Morgan fingerprint density at radius 1 is 1.40 bits per heavy atom. The zero-order valence-corrected chi connectivity index (χ0v) is 13.1. The summed E-state index contributed by atoms with van der Waals surface area (Å²) in [5, 5.41) is 3.42. The van der Waals surface area contributed by atoms with Gasteiger partial charge in [0, 0.05) is 11.6 Å². The first-order valence-corrected chi connectivity index (χ1v) is 8.62. The molecule has 1 amide bonds. The fraction of sp³-hybridized carbons (Fsp3) is 0.417. The number of rotatable bonds is 3. The van der Waals surface area contributed by atoms with Crippen LogP contribution in [0.25, 0.3) is 0 Å². The minimum absolute atomic E-state index is 0.315. The van der Waals surface area contributed by atoms with Gasteiger partial charge in [0.05, 0.1) is 17.0 Å². The third-order valence-corrected chi connectivity index (χ3v) is 4.96. The van der Waals surface area contributed by atoms with Gasteiger partial charge in [-0.25, -0.2) is 8.42 Å². The van der Waals surface area contributed by atoms with Crippen molar-refractivity contribution in [1.82, 2.24) is 4.31 Å². The van der Waals surface area contributed by atoms with Crippen LogP contribution >= 0.6 is 23.2 Å². The normalized spacial score (nSPS) is 20.1. The van der Waals surface area contributed by atoms with Gasteiger partial charge in [-0.2, -0.15) is 4.31 Å². The van der Waals surface area contributed by atoms with Crippen molar-refractivity contribution in [2.24, 2.45) is 0 Å². The smallest absolute Gasteiger partial charge is 0.242 e. The number of halogens is 2. The monoisotopic (exact) mass is 336 g/mol. The second-order valence-electron chi connectivity index (χ2n) is 4.65. The maximum absolute atomic E-state index is 12.2. The molecule has 1 aliphatic rings. The largest absolute Gasteiger partial charge is 0.323 e. The topological polar surface area (TPSA) is 66.5 Å². The molecule has 1 aliphatic heterocycles. The third kappa shape index (κ3) is 3.44. The van der Waals surface area contributed by atoms with Crippen molar-refractivity contribution in [3.63, 3.8) is 0 Å². The van der Waals surface area contributed by atoms with Crippen molar-refractivity contribution in [3.05, 3.63) is 28.2 Å². The molecular formula is C12H14Cl2N2O3S. The molecule has 1 heterocycles. The highest BCUT2D eigenvalue weighted by molar-refractivity contribution is 7.88. The molecular weight excluding hydrogens is 323 g/mol. The second-order valence-corrected chi connectivity index (χ2v) is 7.42. The Kier molecular flexibility index (Phi) is 4.59. The van der Waals surface area contributed by atoms with Crippen LogP contribution in [0.5, 0.6) is 0 Å². The van der Waals surface area contributed by atoms with Crippen LogP contribution < -0.4 is 5.32 Å². The molecule has 0 bridgehead atoms. The van der Waals surface area contributed by atoms with Gasteiger partial charge < -0.3 is 5.32 Å². The summed E-state index contributed by atoms with van der Waals surface area (Å²) in [5.74, 6) is -0.378. The highest BCUT2D eigenvalue weighted by atomic mass is 35.5. The number of amides is 1. The van der Waals surface area contributed by atoms with Crippen LogP contribution in [0.4, 0.5) is 5.69 Å². The molecule has 0 aromatic heterocycles. The highest BCUT2D eigenvalue weighted by Crippen LogP contribution is 2.27. The molecule has 1 saturated heterocycles. The third-order valence-electron chi connectivity index (χ3n) is 3.12.